The molecule has 0 heterocycles. The van der Waals surface area contributed by atoms with Gasteiger partial charge in [-0.1, -0.05) is 241 Å². The number of unbranched alkanes of at least 4 members (excludes halogenated alkanes) is 27. The normalized spacial score (nSPS) is 13.8. The Morgan fingerprint density at radius 3 is 1.35 bits per heavy atom. The molecule has 0 aliphatic heterocycles. The van der Waals surface area contributed by atoms with Gasteiger partial charge < -0.3 is 20.3 Å². The number of ether oxygens (including phenoxy) is 1. The maximum Gasteiger partial charge on any atom is 0.306 e. The maximum atomic E-state index is 13.2. The predicted octanol–water partition coefficient (Wildman–Crippen LogP) is 16.2. The zero-order chi connectivity index (χ0) is 45.9. The second kappa shape index (κ2) is 50.3. The highest BCUT2D eigenvalue weighted by Crippen LogP contribution is 2.17. The number of nitrogens with one attached hydrogen (secondary N) is 1. The molecule has 0 rings (SSSR count). The first-order chi connectivity index (χ1) is 31.0. The summed E-state index contributed by atoms with van der Waals surface area (Å²) < 4.78 is 5.92. The smallest absolute Gasteiger partial charge is 0.306 e. The molecule has 0 aromatic rings. The standard InChI is InChI=1S/C57H101NO5/c1-4-7-10-13-16-19-21-23-25-27-28-29-31-33-35-38-41-44-47-50-57(62)63-53(48-45-42-39-37-34-32-30-26-24-22-20-17-14-11-8-5-2)51-56(61)58-54(52-59)55(60)49-46-43-40-36-18-15-12-9-6-3/h11,14,17,20,22-26,30,32,34,53-55,59-60H,4-10,12-13,15-16,18-19,21,27-29,31,33,35-52H2,1-3H3,(H,58,61)/b14-11+,20-17+,24-22+,25-23+,30-26+,34-32+. The summed E-state index contributed by atoms with van der Waals surface area (Å²) in [6.45, 7) is 6.36. The van der Waals surface area contributed by atoms with Gasteiger partial charge in [-0.25, -0.2) is 0 Å². The molecule has 0 aromatic carbocycles. The van der Waals surface area contributed by atoms with Crippen LogP contribution in [0.5, 0.6) is 0 Å². The highest BCUT2D eigenvalue weighted by Gasteiger charge is 2.24. The van der Waals surface area contributed by atoms with Gasteiger partial charge in [-0.2, -0.15) is 0 Å². The van der Waals surface area contributed by atoms with Crippen molar-refractivity contribution in [2.45, 2.75) is 270 Å². The van der Waals surface area contributed by atoms with Crippen molar-refractivity contribution in [3.63, 3.8) is 0 Å². The first kappa shape index (κ1) is 60.3. The maximum absolute atomic E-state index is 13.2. The van der Waals surface area contributed by atoms with Gasteiger partial charge >= 0.3 is 5.97 Å². The fraction of sp³-hybridized carbons (Fsp3) is 0.754. The van der Waals surface area contributed by atoms with Crippen LogP contribution in [0.15, 0.2) is 72.9 Å². The number of hydrogen-bond acceptors (Lipinski definition) is 5. The summed E-state index contributed by atoms with van der Waals surface area (Å²) >= 11 is 0. The minimum atomic E-state index is -0.801. The molecule has 3 atom stereocenters. The van der Waals surface area contributed by atoms with E-state index in [1.54, 1.807) is 0 Å². The van der Waals surface area contributed by atoms with Gasteiger partial charge in [-0.05, 0) is 70.6 Å². The Hall–Kier alpha value is -2.70. The van der Waals surface area contributed by atoms with E-state index >= 15 is 0 Å². The Balaban J connectivity index is 4.62. The molecule has 6 heteroatoms. The third-order valence-corrected chi connectivity index (χ3v) is 11.9. The van der Waals surface area contributed by atoms with E-state index in [-0.39, 0.29) is 24.9 Å². The van der Waals surface area contributed by atoms with E-state index in [0.717, 1.165) is 70.6 Å². The molecule has 0 aromatic heterocycles. The molecule has 63 heavy (non-hydrogen) atoms. The van der Waals surface area contributed by atoms with Gasteiger partial charge in [0.05, 0.1) is 25.2 Å². The molecule has 0 saturated carbocycles. The lowest BCUT2D eigenvalue weighted by molar-refractivity contribution is -0.151. The van der Waals surface area contributed by atoms with Crippen LogP contribution in [0.3, 0.4) is 0 Å². The molecular formula is C57H101NO5. The molecule has 3 unspecified atom stereocenters. The fourth-order valence-corrected chi connectivity index (χ4v) is 7.81. The third kappa shape index (κ3) is 45.7. The Morgan fingerprint density at radius 1 is 0.460 bits per heavy atom. The Labute approximate surface area is 390 Å². The van der Waals surface area contributed by atoms with Crippen LogP contribution in [0, 0.1) is 0 Å². The summed E-state index contributed by atoms with van der Waals surface area (Å²) in [5.74, 6) is -0.518. The van der Waals surface area contributed by atoms with E-state index < -0.39 is 18.2 Å². The van der Waals surface area contributed by atoms with E-state index in [1.807, 2.05) is 36.5 Å². The minimum Gasteiger partial charge on any atom is -0.462 e. The van der Waals surface area contributed by atoms with Crippen molar-refractivity contribution in [1.82, 2.24) is 5.32 Å². The van der Waals surface area contributed by atoms with Crippen LogP contribution < -0.4 is 5.32 Å². The number of rotatable bonds is 47. The van der Waals surface area contributed by atoms with Crippen LogP contribution in [0.25, 0.3) is 0 Å². The van der Waals surface area contributed by atoms with Crippen molar-refractivity contribution in [2.75, 3.05) is 6.61 Å². The molecule has 0 spiro atoms. The Bertz CT molecular complexity index is 1170. The molecule has 0 aliphatic rings. The molecular weight excluding hydrogens is 779 g/mol. The quantitative estimate of drug-likeness (QED) is 0.0245. The van der Waals surface area contributed by atoms with Crippen molar-refractivity contribution in [3.05, 3.63) is 72.9 Å². The Morgan fingerprint density at radius 2 is 0.857 bits per heavy atom. The van der Waals surface area contributed by atoms with E-state index in [9.17, 15) is 19.8 Å². The van der Waals surface area contributed by atoms with E-state index in [1.165, 1.54) is 135 Å². The van der Waals surface area contributed by atoms with Crippen molar-refractivity contribution >= 4 is 11.9 Å². The van der Waals surface area contributed by atoms with Gasteiger partial charge in [0.2, 0.25) is 5.91 Å². The average molecular weight is 880 g/mol. The number of allylic oxidation sites excluding steroid dienone is 12. The zero-order valence-corrected chi connectivity index (χ0v) is 41.4. The van der Waals surface area contributed by atoms with Crippen LogP contribution in [0.4, 0.5) is 0 Å². The lowest BCUT2D eigenvalue weighted by Gasteiger charge is -2.24. The molecule has 6 nitrogen and oxygen atoms in total. The highest BCUT2D eigenvalue weighted by molar-refractivity contribution is 5.77. The average Bonchev–Trinajstić information content (AvgIpc) is 3.28. The number of aliphatic hydroxyl groups is 2. The van der Waals surface area contributed by atoms with Gasteiger partial charge in [0, 0.05) is 6.42 Å². The second-order valence-electron chi connectivity index (χ2n) is 18.0. The monoisotopic (exact) mass is 880 g/mol. The van der Waals surface area contributed by atoms with Gasteiger partial charge in [-0.3, -0.25) is 9.59 Å². The molecule has 0 bridgehead atoms. The van der Waals surface area contributed by atoms with Gasteiger partial charge in [-0.15, -0.1) is 0 Å². The number of carbonyl (C=O) groups is 2. The van der Waals surface area contributed by atoms with E-state index in [2.05, 4.69) is 62.5 Å². The fourth-order valence-electron chi connectivity index (χ4n) is 7.81. The summed E-state index contributed by atoms with van der Waals surface area (Å²) in [5.41, 5.74) is 0. The number of aliphatic hydroxyl groups excluding tert-OH is 2. The molecule has 0 radical (unpaired) electrons. The van der Waals surface area contributed by atoms with Crippen LogP contribution in [-0.2, 0) is 14.3 Å². The van der Waals surface area contributed by atoms with E-state index in [4.69, 9.17) is 4.74 Å². The van der Waals surface area contributed by atoms with Crippen LogP contribution in [0.2, 0.25) is 0 Å². The number of hydrogen-bond donors (Lipinski definition) is 3. The third-order valence-electron chi connectivity index (χ3n) is 11.9. The predicted molar refractivity (Wildman–Crippen MR) is 273 cm³/mol. The highest BCUT2D eigenvalue weighted by atomic mass is 16.5. The molecule has 0 aliphatic carbocycles. The minimum absolute atomic E-state index is 0.0465. The molecule has 1 amide bonds. The lowest BCUT2D eigenvalue weighted by atomic mass is 10.0. The molecule has 3 N–H and O–H groups in total. The second-order valence-corrected chi connectivity index (χ2v) is 18.0. The molecule has 0 saturated heterocycles. The van der Waals surface area contributed by atoms with Gasteiger partial charge in [0.25, 0.3) is 0 Å². The summed E-state index contributed by atoms with van der Waals surface area (Å²) in [5, 5.41) is 23.7. The lowest BCUT2D eigenvalue weighted by Crippen LogP contribution is -2.46. The van der Waals surface area contributed by atoms with Crippen LogP contribution in [-0.4, -0.2) is 46.9 Å². The van der Waals surface area contributed by atoms with Crippen molar-refractivity contribution < 1.29 is 24.5 Å². The largest absolute Gasteiger partial charge is 0.462 e. The molecule has 0 fully saturated rings. The van der Waals surface area contributed by atoms with Gasteiger partial charge in [0.15, 0.2) is 0 Å². The van der Waals surface area contributed by atoms with Crippen LogP contribution >= 0.6 is 0 Å². The first-order valence-electron chi connectivity index (χ1n) is 26.7. The van der Waals surface area contributed by atoms with E-state index in [0.29, 0.717) is 19.3 Å². The zero-order valence-electron chi connectivity index (χ0n) is 41.4. The van der Waals surface area contributed by atoms with Crippen molar-refractivity contribution in [2.24, 2.45) is 0 Å². The molecule has 364 valence electrons. The number of esters is 1. The topological polar surface area (TPSA) is 95.9 Å². The Kier molecular flexibility index (Phi) is 48.1. The van der Waals surface area contributed by atoms with Crippen molar-refractivity contribution in [1.29, 1.82) is 0 Å². The summed E-state index contributed by atoms with van der Waals surface area (Å²) in [7, 11) is 0. The summed E-state index contributed by atoms with van der Waals surface area (Å²) in [6, 6.07) is -0.718. The summed E-state index contributed by atoms with van der Waals surface area (Å²) in [6.07, 6.45) is 63.9. The SMILES string of the molecule is CCC/C=C/C=C/C=C/C=C/C=C/CCCCCC(CC(=O)NC(CO)C(O)CCCCCCCCCCC)OC(=O)CCCCCCCCCCC/C=C/CCCCCCCC. The van der Waals surface area contributed by atoms with Crippen molar-refractivity contribution in [3.8, 4) is 0 Å². The van der Waals surface area contributed by atoms with Gasteiger partial charge in [0.1, 0.15) is 6.10 Å². The number of amides is 1. The summed E-state index contributed by atoms with van der Waals surface area (Å²) in [4.78, 5) is 26.2. The van der Waals surface area contributed by atoms with Crippen LogP contribution in [0.1, 0.15) is 252 Å². The number of carbonyl (C=O) groups excluding carboxylic acids is 2. The first-order valence-corrected chi connectivity index (χ1v) is 26.7.